The van der Waals surface area contributed by atoms with Gasteiger partial charge in [0.1, 0.15) is 11.6 Å². The van der Waals surface area contributed by atoms with Crippen LogP contribution in [0.2, 0.25) is 0 Å². The molecule has 2 rings (SSSR count). The van der Waals surface area contributed by atoms with Gasteiger partial charge in [-0.2, -0.15) is 13.2 Å². The molecule has 3 unspecified atom stereocenters. The molecule has 3 atom stereocenters. The molecule has 0 aromatic heterocycles. The second kappa shape index (κ2) is 0.995. The van der Waals surface area contributed by atoms with Crippen molar-refractivity contribution in [3.8, 4) is 0 Å². The minimum atomic E-state index is -4.28. The molecule has 0 N–H and O–H groups in total. The molecule has 4 heteroatoms. The molecule has 9 heavy (non-hydrogen) atoms. The van der Waals surface area contributed by atoms with Gasteiger partial charge in [-0.05, 0) is 6.42 Å². The van der Waals surface area contributed by atoms with Crippen LogP contribution in [0, 0.1) is 11.3 Å². The lowest BCUT2D eigenvalue weighted by atomic mass is 10.2. The third-order valence-corrected chi connectivity index (χ3v) is 2.32. The normalized spacial score (nSPS) is 54.7. The van der Waals surface area contributed by atoms with Gasteiger partial charge >= 0.3 is 6.18 Å². The molecule has 0 saturated heterocycles. The molecule has 0 heterocycles. The average Bonchev–Trinajstić information content (AvgIpc) is 2.44. The van der Waals surface area contributed by atoms with E-state index in [0.717, 1.165) is 0 Å². The number of fused-ring (bicyclic) bond motifs is 1. The smallest absolute Gasteiger partial charge is 0.246 e. The van der Waals surface area contributed by atoms with Crippen LogP contribution in [0.4, 0.5) is 17.6 Å². The van der Waals surface area contributed by atoms with Crippen molar-refractivity contribution in [2.45, 2.75) is 18.8 Å². The number of hydrogen-bond donors (Lipinski definition) is 0. The van der Waals surface area contributed by atoms with Gasteiger partial charge in [-0.15, -0.1) is 0 Å². The van der Waals surface area contributed by atoms with Crippen LogP contribution in [0.3, 0.4) is 0 Å². The summed E-state index contributed by atoms with van der Waals surface area (Å²) in [5.41, 5.74) is -1.85. The summed E-state index contributed by atoms with van der Waals surface area (Å²) in [5, 5.41) is 0. The molecular formula is C5H4F4. The number of halogens is 4. The van der Waals surface area contributed by atoms with Crippen LogP contribution in [0.25, 0.3) is 0 Å². The molecule has 2 aliphatic carbocycles. The molecule has 0 aromatic rings. The highest BCUT2D eigenvalue weighted by Gasteiger charge is 2.91. The van der Waals surface area contributed by atoms with Gasteiger partial charge < -0.3 is 0 Å². The molecule has 0 spiro atoms. The maximum Gasteiger partial charge on any atom is 0.397 e. The van der Waals surface area contributed by atoms with Crippen molar-refractivity contribution < 1.29 is 17.6 Å². The Kier molecular flexibility index (Phi) is 0.608. The van der Waals surface area contributed by atoms with E-state index in [-0.39, 0.29) is 6.42 Å². The first-order valence-corrected chi connectivity index (χ1v) is 2.71. The molecule has 0 radical (unpaired) electrons. The van der Waals surface area contributed by atoms with Crippen LogP contribution in [0.15, 0.2) is 0 Å². The number of alkyl halides is 4. The van der Waals surface area contributed by atoms with Gasteiger partial charge in [-0.25, -0.2) is 4.39 Å². The van der Waals surface area contributed by atoms with E-state index >= 15 is 0 Å². The minimum absolute atomic E-state index is 0.0255. The second-order valence-corrected chi connectivity index (χ2v) is 2.75. The maximum atomic E-state index is 12.0. The first-order chi connectivity index (χ1) is 4.00. The predicted octanol–water partition coefficient (Wildman–Crippen LogP) is 1.91. The van der Waals surface area contributed by atoms with Crippen molar-refractivity contribution in [1.29, 1.82) is 0 Å². The summed E-state index contributed by atoms with van der Waals surface area (Å²) < 4.78 is 47.0. The van der Waals surface area contributed by atoms with E-state index in [2.05, 4.69) is 0 Å². The Morgan fingerprint density at radius 2 is 1.78 bits per heavy atom. The van der Waals surface area contributed by atoms with Gasteiger partial charge in [0, 0.05) is 5.92 Å². The van der Waals surface area contributed by atoms with Crippen molar-refractivity contribution in [2.24, 2.45) is 11.3 Å². The van der Waals surface area contributed by atoms with E-state index < -0.39 is 23.7 Å². The zero-order valence-corrected chi connectivity index (χ0v) is 4.37. The van der Waals surface area contributed by atoms with E-state index in [1.807, 2.05) is 0 Å². The van der Waals surface area contributed by atoms with Crippen LogP contribution < -0.4 is 0 Å². The Labute approximate surface area is 48.8 Å². The fraction of sp³-hybridized carbons (Fsp3) is 1.00. The Balaban J connectivity index is 2.17. The van der Waals surface area contributed by atoms with E-state index in [0.29, 0.717) is 0 Å². The molecule has 0 aliphatic heterocycles. The fourth-order valence-electron chi connectivity index (χ4n) is 1.31. The van der Waals surface area contributed by atoms with E-state index in [1.165, 1.54) is 0 Å². The largest absolute Gasteiger partial charge is 0.397 e. The predicted molar refractivity (Wildman–Crippen MR) is 21.5 cm³/mol. The summed E-state index contributed by atoms with van der Waals surface area (Å²) in [6.07, 6.45) is -5.83. The van der Waals surface area contributed by atoms with Crippen LogP contribution in [0.5, 0.6) is 0 Å². The first-order valence-electron chi connectivity index (χ1n) is 2.71. The zero-order chi connectivity index (χ0) is 6.86. The lowest BCUT2D eigenvalue weighted by molar-refractivity contribution is -0.174. The molecule has 0 bridgehead atoms. The Bertz CT molecular complexity index is 155. The van der Waals surface area contributed by atoms with Crippen molar-refractivity contribution >= 4 is 0 Å². The SMILES string of the molecule is FC1C2CC12C(F)(F)F. The summed E-state index contributed by atoms with van der Waals surface area (Å²) in [7, 11) is 0. The minimum Gasteiger partial charge on any atom is -0.246 e. The third-order valence-electron chi connectivity index (χ3n) is 2.32. The molecule has 52 valence electrons. The molecule has 0 aromatic carbocycles. The Hall–Kier alpha value is -0.280. The number of hydrogen-bond acceptors (Lipinski definition) is 0. The quantitative estimate of drug-likeness (QED) is 0.451. The van der Waals surface area contributed by atoms with Crippen LogP contribution in [-0.2, 0) is 0 Å². The monoisotopic (exact) mass is 140 g/mol. The Morgan fingerprint density at radius 3 is 1.78 bits per heavy atom. The standard InChI is InChI=1S/C5H4F4/c6-3-2-1-4(2,3)5(7,8)9/h2-3H,1H2. The third kappa shape index (κ3) is 0.382. The van der Waals surface area contributed by atoms with Crippen LogP contribution in [-0.4, -0.2) is 12.3 Å². The van der Waals surface area contributed by atoms with Crippen molar-refractivity contribution in [1.82, 2.24) is 0 Å². The van der Waals surface area contributed by atoms with E-state index in [1.54, 1.807) is 0 Å². The summed E-state index contributed by atoms with van der Waals surface area (Å²) >= 11 is 0. The van der Waals surface area contributed by atoms with Crippen LogP contribution in [0.1, 0.15) is 6.42 Å². The lowest BCUT2D eigenvalue weighted by Gasteiger charge is -2.08. The van der Waals surface area contributed by atoms with Crippen molar-refractivity contribution in [2.75, 3.05) is 0 Å². The molecule has 2 fully saturated rings. The van der Waals surface area contributed by atoms with E-state index in [9.17, 15) is 17.6 Å². The average molecular weight is 140 g/mol. The first kappa shape index (κ1) is 5.50. The highest BCUT2D eigenvalue weighted by molar-refractivity contribution is 5.30. The van der Waals surface area contributed by atoms with Gasteiger partial charge in [0.2, 0.25) is 0 Å². The van der Waals surface area contributed by atoms with Gasteiger partial charge in [0.05, 0.1) is 0 Å². The molecule has 0 amide bonds. The number of rotatable bonds is 0. The van der Waals surface area contributed by atoms with Crippen LogP contribution >= 0.6 is 0 Å². The molecule has 2 saturated carbocycles. The zero-order valence-electron chi connectivity index (χ0n) is 4.37. The summed E-state index contributed by atoms with van der Waals surface area (Å²) in [6.45, 7) is 0. The summed E-state index contributed by atoms with van der Waals surface area (Å²) in [6, 6.07) is 0. The maximum absolute atomic E-state index is 12.0. The van der Waals surface area contributed by atoms with Gasteiger partial charge in [0.15, 0.2) is 0 Å². The highest BCUT2D eigenvalue weighted by Crippen LogP contribution is 2.82. The van der Waals surface area contributed by atoms with Gasteiger partial charge in [-0.1, -0.05) is 0 Å². The van der Waals surface area contributed by atoms with Gasteiger partial charge in [0.25, 0.3) is 0 Å². The molecule has 2 aliphatic rings. The summed E-state index contributed by atoms with van der Waals surface area (Å²) in [5.74, 6) is -0.669. The van der Waals surface area contributed by atoms with E-state index in [4.69, 9.17) is 0 Å². The van der Waals surface area contributed by atoms with Crippen molar-refractivity contribution in [3.05, 3.63) is 0 Å². The topological polar surface area (TPSA) is 0 Å². The second-order valence-electron chi connectivity index (χ2n) is 2.75. The van der Waals surface area contributed by atoms with Crippen molar-refractivity contribution in [3.63, 3.8) is 0 Å². The highest BCUT2D eigenvalue weighted by atomic mass is 19.4. The summed E-state index contributed by atoms with van der Waals surface area (Å²) in [4.78, 5) is 0. The molecule has 0 nitrogen and oxygen atoms in total. The fourth-order valence-corrected chi connectivity index (χ4v) is 1.31. The Morgan fingerprint density at radius 1 is 1.33 bits per heavy atom. The molecular weight excluding hydrogens is 136 g/mol. The lowest BCUT2D eigenvalue weighted by Crippen LogP contribution is -2.21. The van der Waals surface area contributed by atoms with Gasteiger partial charge in [-0.3, -0.25) is 0 Å².